The van der Waals surface area contributed by atoms with Crippen LogP contribution in [0.1, 0.15) is 28.7 Å². The highest BCUT2D eigenvalue weighted by molar-refractivity contribution is 5.44. The molecule has 31 heavy (non-hydrogen) atoms. The van der Waals surface area contributed by atoms with Crippen LogP contribution in [0.15, 0.2) is 78.9 Å². The van der Waals surface area contributed by atoms with Crippen molar-refractivity contribution in [3.8, 4) is 11.5 Å². The maximum Gasteiger partial charge on any atom is 0.160 e. The number of nitrogens with zero attached hydrogens (tertiary/aromatic N) is 1. The minimum absolute atomic E-state index is 0.185. The summed E-state index contributed by atoms with van der Waals surface area (Å²) in [5.41, 5.74) is 3.81. The largest absolute Gasteiger partial charge is 0.493 e. The van der Waals surface area contributed by atoms with Gasteiger partial charge in [0.15, 0.2) is 11.5 Å². The van der Waals surface area contributed by atoms with Crippen LogP contribution in [0.25, 0.3) is 0 Å². The van der Waals surface area contributed by atoms with E-state index in [4.69, 9.17) is 14.2 Å². The molecule has 0 N–H and O–H groups in total. The Bertz CT molecular complexity index is 914. The maximum absolute atomic E-state index is 5.58. The van der Waals surface area contributed by atoms with Crippen molar-refractivity contribution in [2.24, 2.45) is 0 Å². The molecule has 164 valence electrons. The Labute approximate surface area is 186 Å². The molecule has 0 aromatic heterocycles. The van der Waals surface area contributed by atoms with Crippen LogP contribution in [0.2, 0.25) is 0 Å². The summed E-state index contributed by atoms with van der Waals surface area (Å²) in [4.78, 5) is 2.39. The first kappa shape index (κ1) is 22.9. The number of rotatable bonds is 11. The van der Waals surface area contributed by atoms with E-state index < -0.39 is 0 Å². The quantitative estimate of drug-likeness (QED) is 0.419. The van der Waals surface area contributed by atoms with E-state index in [1.54, 1.807) is 21.3 Å². The lowest BCUT2D eigenvalue weighted by Crippen LogP contribution is -2.32. The van der Waals surface area contributed by atoms with Crippen LogP contribution in [0.3, 0.4) is 0 Å². The highest BCUT2D eigenvalue weighted by Gasteiger charge is 2.23. The summed E-state index contributed by atoms with van der Waals surface area (Å²) in [5.74, 6) is 1.80. The Hall–Kier alpha value is -2.82. The molecular weight excluding hydrogens is 386 g/mol. The number of likely N-dealkylation sites (N-methyl/N-ethyl adjacent to an activating group) is 1. The van der Waals surface area contributed by atoms with Gasteiger partial charge in [0, 0.05) is 19.6 Å². The highest BCUT2D eigenvalue weighted by Crippen LogP contribution is 2.33. The number of hydrogen-bond donors (Lipinski definition) is 0. The number of hydrogen-bond acceptors (Lipinski definition) is 4. The topological polar surface area (TPSA) is 30.9 Å². The van der Waals surface area contributed by atoms with Crippen molar-refractivity contribution in [1.82, 2.24) is 4.90 Å². The molecule has 0 fully saturated rings. The van der Waals surface area contributed by atoms with Crippen molar-refractivity contribution in [1.29, 1.82) is 0 Å². The summed E-state index contributed by atoms with van der Waals surface area (Å²) in [6.45, 7) is 1.53. The third-order valence-electron chi connectivity index (χ3n) is 5.75. The van der Waals surface area contributed by atoms with E-state index in [9.17, 15) is 0 Å². The summed E-state index contributed by atoms with van der Waals surface area (Å²) in [7, 11) is 7.29. The van der Waals surface area contributed by atoms with Gasteiger partial charge in [-0.05, 0) is 42.3 Å². The van der Waals surface area contributed by atoms with Crippen LogP contribution >= 0.6 is 0 Å². The Morgan fingerprint density at radius 1 is 0.742 bits per heavy atom. The predicted molar refractivity (Wildman–Crippen MR) is 126 cm³/mol. The molecule has 3 aromatic rings. The fraction of sp³-hybridized carbons (Fsp3) is 0.333. The fourth-order valence-electron chi connectivity index (χ4n) is 4.08. The van der Waals surface area contributed by atoms with Gasteiger partial charge in [0.2, 0.25) is 0 Å². The third kappa shape index (κ3) is 6.09. The van der Waals surface area contributed by atoms with Crippen LogP contribution < -0.4 is 9.47 Å². The van der Waals surface area contributed by atoms with Gasteiger partial charge in [0.05, 0.1) is 26.9 Å². The molecule has 3 aromatic carbocycles. The van der Waals surface area contributed by atoms with Crippen molar-refractivity contribution in [2.75, 3.05) is 41.5 Å². The molecule has 4 nitrogen and oxygen atoms in total. The first-order valence-corrected chi connectivity index (χ1v) is 10.7. The second-order valence-corrected chi connectivity index (χ2v) is 7.82. The Balaban J connectivity index is 1.90. The number of ether oxygens (including phenoxy) is 3. The molecule has 0 bridgehead atoms. The number of methoxy groups -OCH3 is 3. The van der Waals surface area contributed by atoms with E-state index in [1.807, 2.05) is 6.07 Å². The third-order valence-corrected chi connectivity index (χ3v) is 5.75. The molecule has 0 aliphatic rings. The van der Waals surface area contributed by atoms with Gasteiger partial charge < -0.3 is 14.2 Å². The fourth-order valence-corrected chi connectivity index (χ4v) is 4.08. The van der Waals surface area contributed by atoms with Gasteiger partial charge in [-0.2, -0.15) is 0 Å². The van der Waals surface area contributed by atoms with Crippen molar-refractivity contribution in [3.05, 3.63) is 95.6 Å². The van der Waals surface area contributed by atoms with E-state index in [0.717, 1.165) is 24.5 Å². The molecule has 2 atom stereocenters. The highest BCUT2D eigenvalue weighted by atomic mass is 16.5. The molecule has 0 saturated carbocycles. The van der Waals surface area contributed by atoms with Crippen LogP contribution in [0.5, 0.6) is 11.5 Å². The van der Waals surface area contributed by atoms with Crippen molar-refractivity contribution in [2.45, 2.75) is 18.4 Å². The van der Waals surface area contributed by atoms with Gasteiger partial charge >= 0.3 is 0 Å². The van der Waals surface area contributed by atoms with Crippen LogP contribution in [-0.4, -0.2) is 46.4 Å². The maximum atomic E-state index is 5.58. The molecule has 0 spiro atoms. The van der Waals surface area contributed by atoms with Gasteiger partial charge in [0.1, 0.15) is 0 Å². The Kier molecular flexibility index (Phi) is 8.51. The van der Waals surface area contributed by atoms with Gasteiger partial charge in [-0.15, -0.1) is 0 Å². The monoisotopic (exact) mass is 419 g/mol. The van der Waals surface area contributed by atoms with Crippen molar-refractivity contribution >= 4 is 0 Å². The summed E-state index contributed by atoms with van der Waals surface area (Å²) in [5, 5.41) is 0. The first-order valence-electron chi connectivity index (χ1n) is 10.7. The zero-order valence-corrected chi connectivity index (χ0v) is 19.0. The lowest BCUT2D eigenvalue weighted by atomic mass is 9.90. The van der Waals surface area contributed by atoms with E-state index in [0.29, 0.717) is 6.61 Å². The zero-order chi connectivity index (χ0) is 22.1. The second-order valence-electron chi connectivity index (χ2n) is 7.82. The average Bonchev–Trinajstić information content (AvgIpc) is 2.82. The molecule has 0 saturated heterocycles. The average molecular weight is 420 g/mol. The lowest BCUT2D eigenvalue weighted by Gasteiger charge is -2.32. The lowest BCUT2D eigenvalue weighted by molar-refractivity contribution is 0.102. The Morgan fingerprint density at radius 2 is 1.39 bits per heavy atom. The van der Waals surface area contributed by atoms with Gasteiger partial charge in [0.25, 0.3) is 0 Å². The minimum Gasteiger partial charge on any atom is -0.493 e. The smallest absolute Gasteiger partial charge is 0.160 e. The van der Waals surface area contributed by atoms with Crippen LogP contribution in [0.4, 0.5) is 0 Å². The van der Waals surface area contributed by atoms with E-state index in [1.165, 1.54) is 16.7 Å². The van der Waals surface area contributed by atoms with Crippen LogP contribution in [0, 0.1) is 0 Å². The Morgan fingerprint density at radius 3 is 2.00 bits per heavy atom. The zero-order valence-electron chi connectivity index (χ0n) is 19.0. The number of benzene rings is 3. The van der Waals surface area contributed by atoms with E-state index >= 15 is 0 Å². The molecule has 0 radical (unpaired) electrons. The molecule has 0 aliphatic heterocycles. The van der Waals surface area contributed by atoms with Gasteiger partial charge in [-0.1, -0.05) is 66.7 Å². The standard InChI is InChI=1S/C27H33NO3/c1-28(25(20-29-2)22-13-9-6-10-14-22)19-24(17-21-11-7-5-8-12-21)23-15-16-26(30-3)27(18-23)31-4/h5-16,18,24-25H,17,19-20H2,1-4H3/t24-,25+/m1/s1. The molecule has 0 amide bonds. The first-order chi connectivity index (χ1) is 15.2. The molecule has 3 rings (SSSR count). The van der Waals surface area contributed by atoms with Gasteiger partial charge in [-0.3, -0.25) is 4.90 Å². The van der Waals surface area contributed by atoms with Crippen molar-refractivity contribution in [3.63, 3.8) is 0 Å². The summed E-state index contributed by atoms with van der Waals surface area (Å²) >= 11 is 0. The van der Waals surface area contributed by atoms with Crippen molar-refractivity contribution < 1.29 is 14.2 Å². The second kappa shape index (κ2) is 11.5. The normalized spacial score (nSPS) is 13.1. The van der Waals surface area contributed by atoms with E-state index in [-0.39, 0.29) is 12.0 Å². The van der Waals surface area contributed by atoms with E-state index in [2.05, 4.69) is 84.7 Å². The predicted octanol–water partition coefficient (Wildman–Crippen LogP) is 5.35. The summed E-state index contributed by atoms with van der Waals surface area (Å²) in [6, 6.07) is 27.6. The molecule has 0 unspecified atom stereocenters. The molecule has 0 aliphatic carbocycles. The summed E-state index contributed by atoms with van der Waals surface area (Å²) in [6.07, 6.45) is 0.940. The molecule has 4 heteroatoms. The summed E-state index contributed by atoms with van der Waals surface area (Å²) < 4.78 is 16.6. The SMILES string of the molecule is COC[C@@H](c1ccccc1)N(C)C[C@@H](Cc1ccccc1)c1ccc(OC)c(OC)c1. The molecule has 0 heterocycles. The van der Waals surface area contributed by atoms with Crippen LogP contribution in [-0.2, 0) is 11.2 Å². The van der Waals surface area contributed by atoms with Gasteiger partial charge in [-0.25, -0.2) is 0 Å². The minimum atomic E-state index is 0.185. The molecular formula is C27H33NO3.